The van der Waals surface area contributed by atoms with E-state index in [1.165, 1.54) is 0 Å². The molecule has 1 aromatic heterocycles. The summed E-state index contributed by atoms with van der Waals surface area (Å²) in [6.07, 6.45) is -0.798. The van der Waals surface area contributed by atoms with E-state index in [0.29, 0.717) is 6.29 Å². The van der Waals surface area contributed by atoms with E-state index < -0.39 is 6.09 Å². The Hall–Kier alpha value is -0.780. The van der Waals surface area contributed by atoms with Crippen LogP contribution in [0.15, 0.2) is 0 Å². The van der Waals surface area contributed by atoms with Gasteiger partial charge in [0.05, 0.1) is 15.6 Å². The second-order valence-electron chi connectivity index (χ2n) is 1.98. The van der Waals surface area contributed by atoms with Crippen LogP contribution in [0, 0.1) is 0 Å². The van der Waals surface area contributed by atoms with Crippen LogP contribution in [0.2, 0.25) is 9.36 Å². The average Bonchev–Trinajstić information content (AvgIpc) is 2.31. The SMILES string of the molecule is O=Cc1sc(Cl)c(Cl)c1NC(=O)O. The Morgan fingerprint density at radius 2 is 2.15 bits per heavy atom. The van der Waals surface area contributed by atoms with Gasteiger partial charge in [-0.05, 0) is 0 Å². The van der Waals surface area contributed by atoms with E-state index in [-0.39, 0.29) is 19.9 Å². The number of amides is 1. The maximum absolute atomic E-state index is 10.4. The summed E-state index contributed by atoms with van der Waals surface area (Å²) in [5.74, 6) is 0. The molecule has 1 aromatic rings. The third kappa shape index (κ3) is 2.12. The summed E-state index contributed by atoms with van der Waals surface area (Å²) < 4.78 is 0.188. The number of hydrogen-bond acceptors (Lipinski definition) is 3. The maximum Gasteiger partial charge on any atom is 0.409 e. The van der Waals surface area contributed by atoms with Crippen molar-refractivity contribution in [2.45, 2.75) is 0 Å². The first-order valence-electron chi connectivity index (χ1n) is 2.99. The van der Waals surface area contributed by atoms with Gasteiger partial charge >= 0.3 is 6.09 Å². The van der Waals surface area contributed by atoms with Crippen LogP contribution in [-0.2, 0) is 0 Å². The fourth-order valence-corrected chi connectivity index (χ4v) is 2.06. The van der Waals surface area contributed by atoms with Gasteiger partial charge in [-0.2, -0.15) is 0 Å². The fraction of sp³-hybridized carbons (Fsp3) is 0. The van der Waals surface area contributed by atoms with Crippen molar-refractivity contribution in [3.05, 3.63) is 14.2 Å². The van der Waals surface area contributed by atoms with Crippen molar-refractivity contribution in [1.82, 2.24) is 0 Å². The number of halogens is 2. The molecule has 1 amide bonds. The molecule has 0 saturated carbocycles. The maximum atomic E-state index is 10.4. The molecule has 0 radical (unpaired) electrons. The Labute approximate surface area is 87.1 Å². The number of thiophene rings is 1. The lowest BCUT2D eigenvalue weighted by atomic mass is 10.4. The molecule has 0 aliphatic heterocycles. The molecule has 4 nitrogen and oxygen atoms in total. The number of nitrogens with one attached hydrogen (secondary N) is 1. The molecule has 0 saturated heterocycles. The van der Waals surface area contributed by atoms with Gasteiger partial charge in [0.25, 0.3) is 0 Å². The zero-order valence-corrected chi connectivity index (χ0v) is 8.33. The van der Waals surface area contributed by atoms with Crippen LogP contribution in [0.5, 0.6) is 0 Å². The summed E-state index contributed by atoms with van der Waals surface area (Å²) in [7, 11) is 0. The molecule has 7 heteroatoms. The van der Waals surface area contributed by atoms with E-state index in [0.717, 1.165) is 11.3 Å². The number of aldehydes is 1. The van der Waals surface area contributed by atoms with Gasteiger partial charge < -0.3 is 5.11 Å². The molecule has 13 heavy (non-hydrogen) atoms. The van der Waals surface area contributed by atoms with Crippen LogP contribution in [0.3, 0.4) is 0 Å². The second-order valence-corrected chi connectivity index (χ2v) is 4.01. The summed E-state index contributed by atoms with van der Waals surface area (Å²) in [4.78, 5) is 20.9. The van der Waals surface area contributed by atoms with Crippen molar-refractivity contribution < 1.29 is 14.7 Å². The lowest BCUT2D eigenvalue weighted by Crippen LogP contribution is -2.08. The van der Waals surface area contributed by atoms with Crippen molar-refractivity contribution in [2.24, 2.45) is 0 Å². The summed E-state index contributed by atoms with van der Waals surface area (Å²) in [5, 5.41) is 10.4. The predicted molar refractivity (Wildman–Crippen MR) is 51.4 cm³/mol. The standard InChI is InChI=1S/C6H3Cl2NO3S/c7-3-4(9-6(11)12)2(1-10)13-5(3)8/h1,9H,(H,11,12). The number of carboxylic acid groups (broad SMARTS) is 1. The van der Waals surface area contributed by atoms with Crippen LogP contribution >= 0.6 is 34.5 Å². The van der Waals surface area contributed by atoms with Crippen LogP contribution < -0.4 is 5.32 Å². The molecule has 0 spiro atoms. The molecule has 0 aromatic carbocycles. The highest BCUT2D eigenvalue weighted by Gasteiger charge is 2.16. The summed E-state index contributed by atoms with van der Waals surface area (Å²) in [5.41, 5.74) is 0.0409. The molecule has 2 N–H and O–H groups in total. The third-order valence-electron chi connectivity index (χ3n) is 1.18. The molecule has 0 atom stereocenters. The number of rotatable bonds is 2. The highest BCUT2D eigenvalue weighted by atomic mass is 35.5. The first-order valence-corrected chi connectivity index (χ1v) is 4.56. The molecule has 0 fully saturated rings. The zero-order valence-electron chi connectivity index (χ0n) is 6.01. The van der Waals surface area contributed by atoms with Crippen LogP contribution in [0.4, 0.5) is 10.5 Å². The quantitative estimate of drug-likeness (QED) is 0.781. The summed E-state index contributed by atoms with van der Waals surface area (Å²) in [6, 6.07) is 0. The van der Waals surface area contributed by atoms with E-state index in [2.05, 4.69) is 0 Å². The second kappa shape index (κ2) is 3.95. The summed E-state index contributed by atoms with van der Waals surface area (Å²) >= 11 is 12.1. The first-order chi connectivity index (χ1) is 6.06. The number of carbonyl (C=O) groups excluding carboxylic acids is 1. The van der Waals surface area contributed by atoms with Gasteiger partial charge in [0.15, 0.2) is 6.29 Å². The largest absolute Gasteiger partial charge is 0.465 e. The number of anilines is 1. The molecule has 0 aliphatic carbocycles. The average molecular weight is 240 g/mol. The molecule has 70 valence electrons. The molecular formula is C6H3Cl2NO3S. The van der Waals surface area contributed by atoms with Crippen LogP contribution in [0.25, 0.3) is 0 Å². The predicted octanol–water partition coefficient (Wildman–Crippen LogP) is 2.96. The van der Waals surface area contributed by atoms with E-state index in [9.17, 15) is 9.59 Å². The Kier molecular flexibility index (Phi) is 3.13. The Bertz CT molecular complexity index is 363. The highest BCUT2D eigenvalue weighted by Crippen LogP contribution is 2.39. The molecule has 0 unspecified atom stereocenters. The van der Waals surface area contributed by atoms with E-state index in [1.807, 2.05) is 5.32 Å². The highest BCUT2D eigenvalue weighted by molar-refractivity contribution is 7.19. The van der Waals surface area contributed by atoms with Crippen molar-refractivity contribution in [3.63, 3.8) is 0 Å². The van der Waals surface area contributed by atoms with Crippen molar-refractivity contribution in [2.75, 3.05) is 5.32 Å². The minimum Gasteiger partial charge on any atom is -0.465 e. The minimum absolute atomic E-state index is 0.0409. The third-order valence-corrected chi connectivity index (χ3v) is 3.09. The Balaban J connectivity index is 3.15. The number of hydrogen-bond donors (Lipinski definition) is 2. The lowest BCUT2D eigenvalue weighted by molar-refractivity contribution is 0.112. The molecular weight excluding hydrogens is 237 g/mol. The van der Waals surface area contributed by atoms with Crippen molar-refractivity contribution in [3.8, 4) is 0 Å². The van der Waals surface area contributed by atoms with Gasteiger partial charge in [0, 0.05) is 0 Å². The summed E-state index contributed by atoms with van der Waals surface area (Å²) in [6.45, 7) is 0. The first kappa shape index (κ1) is 10.3. The Morgan fingerprint density at radius 3 is 2.62 bits per heavy atom. The van der Waals surface area contributed by atoms with E-state index in [4.69, 9.17) is 28.3 Å². The lowest BCUT2D eigenvalue weighted by Gasteiger charge is -1.97. The normalized spacial score (nSPS) is 9.69. The topological polar surface area (TPSA) is 66.4 Å². The van der Waals surface area contributed by atoms with Gasteiger partial charge in [-0.3, -0.25) is 10.1 Å². The van der Waals surface area contributed by atoms with E-state index in [1.54, 1.807) is 0 Å². The van der Waals surface area contributed by atoms with Gasteiger partial charge in [0.1, 0.15) is 4.34 Å². The molecule has 1 rings (SSSR count). The van der Waals surface area contributed by atoms with Gasteiger partial charge in [-0.1, -0.05) is 23.2 Å². The smallest absolute Gasteiger partial charge is 0.409 e. The van der Waals surface area contributed by atoms with Gasteiger partial charge in [-0.25, -0.2) is 4.79 Å². The van der Waals surface area contributed by atoms with E-state index >= 15 is 0 Å². The van der Waals surface area contributed by atoms with Gasteiger partial charge in [-0.15, -0.1) is 11.3 Å². The monoisotopic (exact) mass is 239 g/mol. The van der Waals surface area contributed by atoms with Crippen LogP contribution in [0.1, 0.15) is 9.67 Å². The molecule has 1 heterocycles. The Morgan fingerprint density at radius 1 is 1.54 bits per heavy atom. The van der Waals surface area contributed by atoms with Crippen molar-refractivity contribution in [1.29, 1.82) is 0 Å². The minimum atomic E-state index is -1.29. The molecule has 0 aliphatic rings. The zero-order chi connectivity index (χ0) is 10.0. The molecule has 0 bridgehead atoms. The van der Waals surface area contributed by atoms with Crippen LogP contribution in [-0.4, -0.2) is 17.5 Å². The number of carbonyl (C=O) groups is 2. The fourth-order valence-electron chi connectivity index (χ4n) is 0.705. The van der Waals surface area contributed by atoms with Gasteiger partial charge in [0.2, 0.25) is 0 Å². The van der Waals surface area contributed by atoms with Crippen molar-refractivity contribution >= 4 is 52.6 Å².